The zero-order valence-corrected chi connectivity index (χ0v) is 12.6. The summed E-state index contributed by atoms with van der Waals surface area (Å²) in [6.45, 7) is 12.1. The lowest BCUT2D eigenvalue weighted by molar-refractivity contribution is 0.680. The molecule has 104 valence electrons. The SMILES string of the molecule is C=C(C)CN(C)c1nc(C)cc(C)c1CNC1CC1. The van der Waals surface area contributed by atoms with E-state index in [1.54, 1.807) is 0 Å². The molecule has 19 heavy (non-hydrogen) atoms. The molecule has 3 nitrogen and oxygen atoms in total. The Hall–Kier alpha value is -1.35. The molecule has 0 amide bonds. The molecule has 1 saturated carbocycles. The topological polar surface area (TPSA) is 28.2 Å². The second-order valence-electron chi connectivity index (χ2n) is 5.85. The van der Waals surface area contributed by atoms with Gasteiger partial charge < -0.3 is 10.2 Å². The first-order chi connectivity index (χ1) is 8.97. The van der Waals surface area contributed by atoms with Crippen LogP contribution in [-0.4, -0.2) is 24.6 Å². The minimum atomic E-state index is 0.722. The van der Waals surface area contributed by atoms with Crippen LogP contribution < -0.4 is 10.2 Å². The summed E-state index contributed by atoms with van der Waals surface area (Å²) in [5.41, 5.74) is 4.88. The zero-order valence-electron chi connectivity index (χ0n) is 12.6. The molecule has 0 radical (unpaired) electrons. The number of pyridine rings is 1. The predicted octanol–water partition coefficient (Wildman–Crippen LogP) is 2.96. The number of likely N-dealkylation sites (N-methyl/N-ethyl adjacent to an activating group) is 1. The lowest BCUT2D eigenvalue weighted by Crippen LogP contribution is -2.25. The van der Waals surface area contributed by atoms with Gasteiger partial charge in [0.2, 0.25) is 0 Å². The molecule has 1 heterocycles. The van der Waals surface area contributed by atoms with Gasteiger partial charge >= 0.3 is 0 Å². The highest BCUT2D eigenvalue weighted by Gasteiger charge is 2.22. The summed E-state index contributed by atoms with van der Waals surface area (Å²) in [7, 11) is 2.09. The molecule has 1 aromatic rings. The van der Waals surface area contributed by atoms with E-state index in [9.17, 15) is 0 Å². The van der Waals surface area contributed by atoms with Gasteiger partial charge in [0, 0.05) is 37.4 Å². The number of nitrogens with zero attached hydrogens (tertiary/aromatic N) is 2. The van der Waals surface area contributed by atoms with Crippen molar-refractivity contribution >= 4 is 5.82 Å². The minimum absolute atomic E-state index is 0.722. The molecule has 0 aromatic carbocycles. The van der Waals surface area contributed by atoms with Gasteiger partial charge in [0.25, 0.3) is 0 Å². The van der Waals surface area contributed by atoms with Gasteiger partial charge in [0.1, 0.15) is 5.82 Å². The molecular weight excluding hydrogens is 234 g/mol. The van der Waals surface area contributed by atoms with E-state index in [-0.39, 0.29) is 0 Å². The molecule has 1 fully saturated rings. The Bertz CT molecular complexity index is 475. The van der Waals surface area contributed by atoms with Crippen LogP contribution in [0.5, 0.6) is 0 Å². The van der Waals surface area contributed by atoms with E-state index in [0.717, 1.165) is 36.2 Å². The second-order valence-corrected chi connectivity index (χ2v) is 5.85. The Morgan fingerprint density at radius 1 is 1.47 bits per heavy atom. The molecule has 0 atom stereocenters. The van der Waals surface area contributed by atoms with Crippen LogP contribution in [0.4, 0.5) is 5.82 Å². The Balaban J connectivity index is 2.23. The van der Waals surface area contributed by atoms with Gasteiger partial charge in [-0.15, -0.1) is 0 Å². The fourth-order valence-corrected chi connectivity index (χ4v) is 2.39. The lowest BCUT2D eigenvalue weighted by Gasteiger charge is -2.23. The van der Waals surface area contributed by atoms with Crippen molar-refractivity contribution in [1.82, 2.24) is 10.3 Å². The van der Waals surface area contributed by atoms with Crippen molar-refractivity contribution in [3.63, 3.8) is 0 Å². The molecule has 1 aliphatic carbocycles. The van der Waals surface area contributed by atoms with Crippen LogP contribution in [-0.2, 0) is 6.54 Å². The number of aromatic nitrogens is 1. The van der Waals surface area contributed by atoms with Crippen LogP contribution in [0.1, 0.15) is 36.6 Å². The number of aryl methyl sites for hydroxylation is 2. The Morgan fingerprint density at radius 3 is 2.74 bits per heavy atom. The molecule has 2 rings (SSSR count). The summed E-state index contributed by atoms with van der Waals surface area (Å²) >= 11 is 0. The molecule has 0 aliphatic heterocycles. The number of hydrogen-bond donors (Lipinski definition) is 1. The summed E-state index contributed by atoms with van der Waals surface area (Å²) in [5.74, 6) is 1.09. The number of hydrogen-bond acceptors (Lipinski definition) is 3. The van der Waals surface area contributed by atoms with Crippen molar-refractivity contribution in [2.75, 3.05) is 18.5 Å². The number of rotatable bonds is 6. The largest absolute Gasteiger partial charge is 0.355 e. The van der Waals surface area contributed by atoms with Crippen molar-refractivity contribution in [1.29, 1.82) is 0 Å². The second kappa shape index (κ2) is 5.74. The van der Waals surface area contributed by atoms with Crippen molar-refractivity contribution in [3.05, 3.63) is 35.0 Å². The molecule has 0 bridgehead atoms. The van der Waals surface area contributed by atoms with Gasteiger partial charge in [-0.05, 0) is 45.2 Å². The van der Waals surface area contributed by atoms with Gasteiger partial charge in [-0.1, -0.05) is 12.2 Å². The number of anilines is 1. The molecule has 0 unspecified atom stereocenters. The van der Waals surface area contributed by atoms with Crippen LogP contribution >= 0.6 is 0 Å². The molecule has 0 saturated heterocycles. The smallest absolute Gasteiger partial charge is 0.133 e. The fourth-order valence-electron chi connectivity index (χ4n) is 2.39. The van der Waals surface area contributed by atoms with E-state index in [4.69, 9.17) is 4.98 Å². The lowest BCUT2D eigenvalue weighted by atomic mass is 10.1. The van der Waals surface area contributed by atoms with Crippen molar-refractivity contribution in [3.8, 4) is 0 Å². The Kier molecular flexibility index (Phi) is 4.25. The highest BCUT2D eigenvalue weighted by Crippen LogP contribution is 2.25. The molecule has 1 aliphatic rings. The quantitative estimate of drug-likeness (QED) is 0.796. The third kappa shape index (κ3) is 3.80. The summed E-state index contributed by atoms with van der Waals surface area (Å²) < 4.78 is 0. The van der Waals surface area contributed by atoms with E-state index < -0.39 is 0 Å². The average Bonchev–Trinajstić information content (AvgIpc) is 3.09. The van der Waals surface area contributed by atoms with Crippen LogP contribution in [0, 0.1) is 13.8 Å². The van der Waals surface area contributed by atoms with Gasteiger partial charge in [0.15, 0.2) is 0 Å². The van der Waals surface area contributed by atoms with Crippen molar-refractivity contribution in [2.24, 2.45) is 0 Å². The first kappa shape index (κ1) is 14.1. The van der Waals surface area contributed by atoms with Crippen molar-refractivity contribution in [2.45, 2.75) is 46.2 Å². The minimum Gasteiger partial charge on any atom is -0.355 e. The normalized spacial score (nSPS) is 14.5. The number of nitrogens with one attached hydrogen (secondary N) is 1. The van der Waals surface area contributed by atoms with Gasteiger partial charge in [-0.25, -0.2) is 4.98 Å². The standard InChI is InChI=1S/C16H25N3/c1-11(2)10-19(5)16-15(9-17-14-6-7-14)12(3)8-13(4)18-16/h8,14,17H,1,6-7,9-10H2,2-5H3. The Morgan fingerprint density at radius 2 is 2.16 bits per heavy atom. The first-order valence-corrected chi connectivity index (χ1v) is 7.03. The van der Waals surface area contributed by atoms with Gasteiger partial charge in [0.05, 0.1) is 0 Å². The van der Waals surface area contributed by atoms with Crippen LogP contribution in [0.15, 0.2) is 18.2 Å². The van der Waals surface area contributed by atoms with Crippen LogP contribution in [0.3, 0.4) is 0 Å². The monoisotopic (exact) mass is 259 g/mol. The summed E-state index contributed by atoms with van der Waals surface area (Å²) in [5, 5.41) is 3.59. The average molecular weight is 259 g/mol. The molecule has 1 N–H and O–H groups in total. The van der Waals surface area contributed by atoms with E-state index in [1.807, 2.05) is 0 Å². The molecular formula is C16H25N3. The fraction of sp³-hybridized carbons (Fsp3) is 0.562. The summed E-state index contributed by atoms with van der Waals surface area (Å²) in [6.07, 6.45) is 2.63. The highest BCUT2D eigenvalue weighted by molar-refractivity contribution is 5.51. The van der Waals surface area contributed by atoms with E-state index in [0.29, 0.717) is 0 Å². The maximum atomic E-state index is 4.73. The molecule has 3 heteroatoms. The van der Waals surface area contributed by atoms with Crippen LogP contribution in [0.2, 0.25) is 0 Å². The molecule has 0 spiro atoms. The first-order valence-electron chi connectivity index (χ1n) is 7.03. The Labute approximate surface area is 116 Å². The van der Waals surface area contributed by atoms with Gasteiger partial charge in [-0.3, -0.25) is 0 Å². The van der Waals surface area contributed by atoms with Crippen LogP contribution in [0.25, 0.3) is 0 Å². The summed E-state index contributed by atoms with van der Waals surface area (Å²) in [4.78, 5) is 6.93. The van der Waals surface area contributed by atoms with Gasteiger partial charge in [-0.2, -0.15) is 0 Å². The zero-order chi connectivity index (χ0) is 14.0. The van der Waals surface area contributed by atoms with Crippen molar-refractivity contribution < 1.29 is 0 Å². The van der Waals surface area contributed by atoms with E-state index in [1.165, 1.54) is 24.0 Å². The summed E-state index contributed by atoms with van der Waals surface area (Å²) in [6, 6.07) is 2.89. The van der Waals surface area contributed by atoms with E-state index >= 15 is 0 Å². The third-order valence-electron chi connectivity index (χ3n) is 3.47. The maximum absolute atomic E-state index is 4.73. The highest BCUT2D eigenvalue weighted by atomic mass is 15.2. The van der Waals surface area contributed by atoms with E-state index in [2.05, 4.69) is 50.7 Å². The predicted molar refractivity (Wildman–Crippen MR) is 81.7 cm³/mol. The maximum Gasteiger partial charge on any atom is 0.133 e. The molecule has 1 aromatic heterocycles. The third-order valence-corrected chi connectivity index (χ3v) is 3.47.